The molecule has 1 aromatic rings. The molecule has 1 aromatic carbocycles. The standard InChI is InChI=1S/C14H14O2/c15-14(16)12-8-7-10-4-1-3-9-5-2-6-11(12)13(9)10/h1-3,5-6,10,12H,4,7-8H2,(H,15,16). The van der Waals surface area contributed by atoms with Gasteiger partial charge in [0, 0.05) is 0 Å². The van der Waals surface area contributed by atoms with Gasteiger partial charge in [0.15, 0.2) is 0 Å². The Labute approximate surface area is 94.6 Å². The lowest BCUT2D eigenvalue weighted by atomic mass is 9.72. The Balaban J connectivity index is 2.19. The van der Waals surface area contributed by atoms with Crippen LogP contribution in [-0.2, 0) is 4.79 Å². The number of benzene rings is 1. The lowest BCUT2D eigenvalue weighted by molar-refractivity contribution is -0.139. The number of allylic oxidation sites excluding steroid dienone is 1. The van der Waals surface area contributed by atoms with Crippen molar-refractivity contribution >= 4 is 12.0 Å². The quantitative estimate of drug-likeness (QED) is 0.779. The second kappa shape index (κ2) is 3.48. The van der Waals surface area contributed by atoms with Gasteiger partial charge in [0.2, 0.25) is 0 Å². The molecule has 0 aliphatic heterocycles. The van der Waals surface area contributed by atoms with Gasteiger partial charge in [-0.05, 0) is 41.9 Å². The zero-order chi connectivity index (χ0) is 11.1. The fourth-order valence-electron chi connectivity index (χ4n) is 3.04. The molecule has 16 heavy (non-hydrogen) atoms. The first kappa shape index (κ1) is 9.64. The molecular formula is C14H14O2. The van der Waals surface area contributed by atoms with E-state index in [9.17, 15) is 9.90 Å². The van der Waals surface area contributed by atoms with Crippen molar-refractivity contribution in [3.05, 3.63) is 41.0 Å². The predicted octanol–water partition coefficient (Wildman–Crippen LogP) is 3.15. The van der Waals surface area contributed by atoms with Crippen LogP contribution in [0.3, 0.4) is 0 Å². The molecule has 0 fully saturated rings. The van der Waals surface area contributed by atoms with E-state index in [4.69, 9.17) is 0 Å². The van der Waals surface area contributed by atoms with Gasteiger partial charge in [-0.25, -0.2) is 0 Å². The summed E-state index contributed by atoms with van der Waals surface area (Å²) in [5, 5.41) is 9.23. The summed E-state index contributed by atoms with van der Waals surface area (Å²) in [7, 11) is 0. The maximum Gasteiger partial charge on any atom is 0.310 e. The van der Waals surface area contributed by atoms with Gasteiger partial charge in [-0.2, -0.15) is 0 Å². The molecule has 3 rings (SSSR count). The molecule has 0 radical (unpaired) electrons. The minimum absolute atomic E-state index is 0.294. The van der Waals surface area contributed by atoms with E-state index in [0.717, 1.165) is 24.8 Å². The van der Waals surface area contributed by atoms with Crippen LogP contribution in [0.4, 0.5) is 0 Å². The molecule has 1 N–H and O–H groups in total. The maximum absolute atomic E-state index is 11.2. The molecule has 0 amide bonds. The molecule has 0 spiro atoms. The lowest BCUT2D eigenvalue weighted by Gasteiger charge is -2.32. The lowest BCUT2D eigenvalue weighted by Crippen LogP contribution is -2.22. The van der Waals surface area contributed by atoms with Gasteiger partial charge in [0.1, 0.15) is 0 Å². The SMILES string of the molecule is O=C(O)C1CCC2CC=Cc3cccc1c32. The summed E-state index contributed by atoms with van der Waals surface area (Å²) in [5.74, 6) is -0.425. The van der Waals surface area contributed by atoms with Crippen molar-refractivity contribution in [2.45, 2.75) is 31.1 Å². The van der Waals surface area contributed by atoms with Crippen molar-refractivity contribution in [3.8, 4) is 0 Å². The largest absolute Gasteiger partial charge is 0.481 e. The topological polar surface area (TPSA) is 37.3 Å². The first-order valence-corrected chi connectivity index (χ1v) is 5.79. The molecule has 0 bridgehead atoms. The van der Waals surface area contributed by atoms with E-state index in [1.165, 1.54) is 11.1 Å². The van der Waals surface area contributed by atoms with E-state index in [0.29, 0.717) is 5.92 Å². The molecule has 2 unspecified atom stereocenters. The minimum Gasteiger partial charge on any atom is -0.481 e. The van der Waals surface area contributed by atoms with Crippen molar-refractivity contribution in [1.29, 1.82) is 0 Å². The summed E-state index contributed by atoms with van der Waals surface area (Å²) in [6, 6.07) is 6.05. The fourth-order valence-corrected chi connectivity index (χ4v) is 3.04. The van der Waals surface area contributed by atoms with E-state index in [1.54, 1.807) is 0 Å². The molecule has 2 heteroatoms. The molecular weight excluding hydrogens is 200 g/mol. The highest BCUT2D eigenvalue weighted by Gasteiger charge is 2.32. The molecule has 2 nitrogen and oxygen atoms in total. The van der Waals surface area contributed by atoms with Crippen LogP contribution in [0.25, 0.3) is 6.08 Å². The second-order valence-corrected chi connectivity index (χ2v) is 4.65. The summed E-state index contributed by atoms with van der Waals surface area (Å²) >= 11 is 0. The first-order chi connectivity index (χ1) is 7.77. The Hall–Kier alpha value is -1.57. The van der Waals surface area contributed by atoms with Crippen molar-refractivity contribution in [2.24, 2.45) is 0 Å². The van der Waals surface area contributed by atoms with Crippen LogP contribution < -0.4 is 0 Å². The van der Waals surface area contributed by atoms with Gasteiger partial charge in [-0.3, -0.25) is 4.79 Å². The third-order valence-corrected chi connectivity index (χ3v) is 3.78. The van der Waals surface area contributed by atoms with Gasteiger partial charge in [-0.15, -0.1) is 0 Å². The number of hydrogen-bond acceptors (Lipinski definition) is 1. The summed E-state index contributed by atoms with van der Waals surface area (Å²) in [6.45, 7) is 0. The number of carbonyl (C=O) groups is 1. The molecule has 0 aromatic heterocycles. The minimum atomic E-state index is -0.679. The van der Waals surface area contributed by atoms with E-state index in [-0.39, 0.29) is 5.92 Å². The average Bonchev–Trinajstić information content (AvgIpc) is 2.30. The fraction of sp³-hybridized carbons (Fsp3) is 0.357. The Kier molecular flexibility index (Phi) is 2.10. The molecule has 0 saturated heterocycles. The van der Waals surface area contributed by atoms with Crippen LogP contribution in [-0.4, -0.2) is 11.1 Å². The number of rotatable bonds is 1. The van der Waals surface area contributed by atoms with Crippen LogP contribution in [0.5, 0.6) is 0 Å². The van der Waals surface area contributed by atoms with Crippen LogP contribution in [0.15, 0.2) is 24.3 Å². The highest BCUT2D eigenvalue weighted by molar-refractivity contribution is 5.78. The Morgan fingerprint density at radius 1 is 1.31 bits per heavy atom. The summed E-state index contributed by atoms with van der Waals surface area (Å²) in [6.07, 6.45) is 7.18. The average molecular weight is 214 g/mol. The van der Waals surface area contributed by atoms with Gasteiger partial charge in [0.05, 0.1) is 5.92 Å². The predicted molar refractivity (Wildman–Crippen MR) is 62.4 cm³/mol. The maximum atomic E-state index is 11.2. The van der Waals surface area contributed by atoms with Gasteiger partial charge in [-0.1, -0.05) is 30.4 Å². The number of hydrogen-bond donors (Lipinski definition) is 1. The van der Waals surface area contributed by atoms with Crippen molar-refractivity contribution in [3.63, 3.8) is 0 Å². The van der Waals surface area contributed by atoms with Crippen molar-refractivity contribution < 1.29 is 9.90 Å². The molecule has 0 heterocycles. The summed E-state index contributed by atoms with van der Waals surface area (Å²) in [5.41, 5.74) is 3.56. The van der Waals surface area contributed by atoms with Crippen LogP contribution in [0.1, 0.15) is 47.8 Å². The summed E-state index contributed by atoms with van der Waals surface area (Å²) in [4.78, 5) is 11.2. The van der Waals surface area contributed by atoms with Gasteiger partial charge < -0.3 is 5.11 Å². The number of aliphatic carboxylic acids is 1. The van der Waals surface area contributed by atoms with Crippen molar-refractivity contribution in [2.75, 3.05) is 0 Å². The smallest absolute Gasteiger partial charge is 0.310 e. The molecule has 82 valence electrons. The highest BCUT2D eigenvalue weighted by Crippen LogP contribution is 2.44. The molecule has 2 aliphatic carbocycles. The summed E-state index contributed by atoms with van der Waals surface area (Å²) < 4.78 is 0. The zero-order valence-corrected chi connectivity index (χ0v) is 9.02. The van der Waals surface area contributed by atoms with Crippen LogP contribution in [0.2, 0.25) is 0 Å². The van der Waals surface area contributed by atoms with Crippen molar-refractivity contribution in [1.82, 2.24) is 0 Å². The van der Waals surface area contributed by atoms with E-state index < -0.39 is 5.97 Å². The van der Waals surface area contributed by atoms with Crippen LogP contribution >= 0.6 is 0 Å². The second-order valence-electron chi connectivity index (χ2n) is 4.65. The van der Waals surface area contributed by atoms with E-state index >= 15 is 0 Å². The van der Waals surface area contributed by atoms with E-state index in [1.807, 2.05) is 12.1 Å². The normalized spacial score (nSPS) is 26.2. The van der Waals surface area contributed by atoms with E-state index in [2.05, 4.69) is 18.2 Å². The molecule has 0 saturated carbocycles. The Bertz CT molecular complexity index is 474. The number of carboxylic acid groups (broad SMARTS) is 1. The molecule has 2 atom stereocenters. The number of carboxylic acids is 1. The Morgan fingerprint density at radius 3 is 3.00 bits per heavy atom. The first-order valence-electron chi connectivity index (χ1n) is 5.79. The van der Waals surface area contributed by atoms with Gasteiger partial charge >= 0.3 is 5.97 Å². The third kappa shape index (κ3) is 1.29. The third-order valence-electron chi connectivity index (χ3n) is 3.78. The van der Waals surface area contributed by atoms with Gasteiger partial charge in [0.25, 0.3) is 0 Å². The highest BCUT2D eigenvalue weighted by atomic mass is 16.4. The molecule has 2 aliphatic rings. The Morgan fingerprint density at radius 2 is 2.19 bits per heavy atom. The zero-order valence-electron chi connectivity index (χ0n) is 9.02. The monoisotopic (exact) mass is 214 g/mol. The van der Waals surface area contributed by atoms with Crippen LogP contribution in [0, 0.1) is 0 Å².